The molecule has 2 bridgehead atoms. The van der Waals surface area contributed by atoms with Crippen LogP contribution >= 0.6 is 15.9 Å². The SMILES string of the molecule is C[C@@H](Br)C(=O)N1[C@H]2C[C@H]3CC[C@@]2(CS1(=O)=O)C3(C)C. The van der Waals surface area contributed by atoms with Gasteiger partial charge >= 0.3 is 0 Å². The Morgan fingerprint density at radius 2 is 2.05 bits per heavy atom. The molecule has 19 heavy (non-hydrogen) atoms. The summed E-state index contributed by atoms with van der Waals surface area (Å²) >= 11 is 3.22. The molecule has 0 N–H and O–H groups in total. The van der Waals surface area contributed by atoms with Crippen LogP contribution in [0.2, 0.25) is 0 Å². The average molecular weight is 350 g/mol. The molecule has 0 aromatic heterocycles. The Bertz CT molecular complexity index is 542. The molecule has 108 valence electrons. The van der Waals surface area contributed by atoms with Gasteiger partial charge in [0.2, 0.25) is 15.9 Å². The van der Waals surface area contributed by atoms with Crippen molar-refractivity contribution in [2.24, 2.45) is 16.7 Å². The van der Waals surface area contributed by atoms with Gasteiger partial charge in [-0.3, -0.25) is 4.79 Å². The predicted octanol–water partition coefficient (Wildman–Crippen LogP) is 2.14. The van der Waals surface area contributed by atoms with Crippen LogP contribution in [-0.2, 0) is 14.8 Å². The van der Waals surface area contributed by atoms with E-state index in [0.29, 0.717) is 5.92 Å². The lowest BCUT2D eigenvalue weighted by Crippen LogP contribution is -2.46. The standard InChI is InChI=1S/C13H20BrNO3S/c1-8(14)11(16)15-10-6-9-4-5-13(10,12(9,2)3)7-19(15,17)18/h8-10H,4-7H2,1-3H3/t8-,9-,10+,13+/m1/s1. The van der Waals surface area contributed by atoms with Gasteiger partial charge in [-0.25, -0.2) is 12.7 Å². The molecule has 2 saturated carbocycles. The Hall–Kier alpha value is -0.100. The maximum absolute atomic E-state index is 12.5. The predicted molar refractivity (Wildman–Crippen MR) is 76.4 cm³/mol. The summed E-state index contributed by atoms with van der Waals surface area (Å²) in [4.78, 5) is 11.8. The zero-order valence-corrected chi connectivity index (χ0v) is 13.9. The number of amides is 1. The van der Waals surface area contributed by atoms with E-state index >= 15 is 0 Å². The third kappa shape index (κ3) is 1.50. The van der Waals surface area contributed by atoms with Crippen LogP contribution in [0.1, 0.15) is 40.0 Å². The molecule has 0 aromatic carbocycles. The molecule has 4 nitrogen and oxygen atoms in total. The molecule has 3 rings (SSSR count). The summed E-state index contributed by atoms with van der Waals surface area (Å²) < 4.78 is 26.2. The number of carbonyl (C=O) groups is 1. The molecule has 0 aromatic rings. The molecule has 1 heterocycles. The van der Waals surface area contributed by atoms with Crippen molar-refractivity contribution >= 4 is 31.9 Å². The summed E-state index contributed by atoms with van der Waals surface area (Å²) in [7, 11) is -3.45. The molecule has 1 aliphatic heterocycles. The number of alkyl halides is 1. The maximum Gasteiger partial charge on any atom is 0.249 e. The second-order valence-corrected chi connectivity index (χ2v) is 10.1. The van der Waals surface area contributed by atoms with Gasteiger partial charge < -0.3 is 0 Å². The normalized spacial score (nSPS) is 43.3. The van der Waals surface area contributed by atoms with E-state index in [4.69, 9.17) is 0 Å². The van der Waals surface area contributed by atoms with Crippen molar-refractivity contribution in [3.8, 4) is 0 Å². The minimum atomic E-state index is -3.45. The number of hydrogen-bond acceptors (Lipinski definition) is 3. The highest BCUT2D eigenvalue weighted by Crippen LogP contribution is 2.70. The van der Waals surface area contributed by atoms with Crippen LogP contribution in [0.5, 0.6) is 0 Å². The number of halogens is 1. The topological polar surface area (TPSA) is 54.5 Å². The molecule has 3 fully saturated rings. The highest BCUT2D eigenvalue weighted by Gasteiger charge is 2.72. The van der Waals surface area contributed by atoms with Crippen LogP contribution in [-0.4, -0.2) is 35.3 Å². The number of fused-ring (bicyclic) bond motifs is 1. The molecule has 4 atom stereocenters. The summed E-state index contributed by atoms with van der Waals surface area (Å²) in [6.45, 7) is 6.07. The van der Waals surface area contributed by atoms with Gasteiger partial charge in [-0.2, -0.15) is 0 Å². The summed E-state index contributed by atoms with van der Waals surface area (Å²) in [6.07, 6.45) is 2.89. The Morgan fingerprint density at radius 3 is 2.58 bits per heavy atom. The van der Waals surface area contributed by atoms with Gasteiger partial charge in [0.25, 0.3) is 0 Å². The second kappa shape index (κ2) is 3.75. The minimum absolute atomic E-state index is 0.0231. The Balaban J connectivity index is 2.09. The van der Waals surface area contributed by atoms with Crippen molar-refractivity contribution in [2.45, 2.75) is 50.9 Å². The van der Waals surface area contributed by atoms with Gasteiger partial charge in [0, 0.05) is 5.41 Å². The number of hydrogen-bond donors (Lipinski definition) is 0. The first kappa shape index (κ1) is 13.9. The van der Waals surface area contributed by atoms with Crippen molar-refractivity contribution < 1.29 is 13.2 Å². The smallest absolute Gasteiger partial charge is 0.249 e. The lowest BCUT2D eigenvalue weighted by atomic mass is 9.69. The van der Waals surface area contributed by atoms with Crippen molar-refractivity contribution in [1.82, 2.24) is 4.31 Å². The lowest BCUT2D eigenvalue weighted by molar-refractivity contribution is -0.128. The third-order valence-electron chi connectivity index (χ3n) is 5.97. The van der Waals surface area contributed by atoms with Crippen molar-refractivity contribution in [2.75, 3.05) is 5.75 Å². The quantitative estimate of drug-likeness (QED) is 0.681. The van der Waals surface area contributed by atoms with Gasteiger partial charge in [-0.05, 0) is 37.5 Å². The molecule has 3 aliphatic rings. The fourth-order valence-electron chi connectivity index (χ4n) is 4.75. The van der Waals surface area contributed by atoms with E-state index in [1.54, 1.807) is 6.92 Å². The first-order valence-corrected chi connectivity index (χ1v) is 9.36. The van der Waals surface area contributed by atoms with E-state index in [1.165, 1.54) is 4.31 Å². The second-order valence-electron chi connectivity index (χ2n) is 6.87. The number of nitrogens with zero attached hydrogens (tertiary/aromatic N) is 1. The van der Waals surface area contributed by atoms with Gasteiger partial charge in [0.15, 0.2) is 0 Å². The summed E-state index contributed by atoms with van der Waals surface area (Å²) in [5, 5.41) is 0. The van der Waals surface area contributed by atoms with Crippen LogP contribution in [0.25, 0.3) is 0 Å². The molecule has 2 aliphatic carbocycles. The van der Waals surface area contributed by atoms with Crippen molar-refractivity contribution in [3.63, 3.8) is 0 Å². The number of sulfonamides is 1. The summed E-state index contributed by atoms with van der Waals surface area (Å²) in [6, 6.07) is -0.112. The molecule has 1 spiro atoms. The summed E-state index contributed by atoms with van der Waals surface area (Å²) in [5.74, 6) is 0.402. The molecule has 0 radical (unpaired) electrons. The van der Waals surface area contributed by atoms with E-state index in [-0.39, 0.29) is 28.5 Å². The Kier molecular flexibility index (Phi) is 2.74. The van der Waals surface area contributed by atoms with E-state index in [9.17, 15) is 13.2 Å². The van der Waals surface area contributed by atoms with Gasteiger partial charge in [-0.1, -0.05) is 29.8 Å². The zero-order chi connectivity index (χ0) is 14.2. The third-order valence-corrected chi connectivity index (χ3v) is 8.27. The van der Waals surface area contributed by atoms with Crippen LogP contribution in [0, 0.1) is 16.7 Å². The molecular formula is C13H20BrNO3S. The van der Waals surface area contributed by atoms with Gasteiger partial charge in [0.05, 0.1) is 16.6 Å². The van der Waals surface area contributed by atoms with Crippen LogP contribution in [0.15, 0.2) is 0 Å². The molecule has 1 saturated heterocycles. The van der Waals surface area contributed by atoms with E-state index in [2.05, 4.69) is 29.8 Å². The van der Waals surface area contributed by atoms with Crippen molar-refractivity contribution in [1.29, 1.82) is 0 Å². The van der Waals surface area contributed by atoms with Crippen molar-refractivity contribution in [3.05, 3.63) is 0 Å². The van der Waals surface area contributed by atoms with E-state index in [1.807, 2.05) is 0 Å². The Labute approximate surface area is 123 Å². The fourth-order valence-corrected chi connectivity index (χ4v) is 7.72. The van der Waals surface area contributed by atoms with Crippen LogP contribution in [0.4, 0.5) is 0 Å². The minimum Gasteiger partial charge on any atom is -0.273 e. The maximum atomic E-state index is 12.5. The Morgan fingerprint density at radius 1 is 1.42 bits per heavy atom. The molecule has 1 amide bonds. The van der Waals surface area contributed by atoms with Crippen LogP contribution in [0.3, 0.4) is 0 Å². The summed E-state index contributed by atoms with van der Waals surface area (Å²) in [5.41, 5.74) is -0.191. The largest absolute Gasteiger partial charge is 0.273 e. The van der Waals surface area contributed by atoms with Gasteiger partial charge in [-0.15, -0.1) is 0 Å². The fraction of sp³-hybridized carbons (Fsp3) is 0.923. The first-order chi connectivity index (χ1) is 8.63. The monoisotopic (exact) mass is 349 g/mol. The molecule has 6 heteroatoms. The highest BCUT2D eigenvalue weighted by atomic mass is 79.9. The van der Waals surface area contributed by atoms with E-state index in [0.717, 1.165) is 19.3 Å². The highest BCUT2D eigenvalue weighted by molar-refractivity contribution is 9.10. The lowest BCUT2D eigenvalue weighted by Gasteiger charge is -2.37. The molecular weight excluding hydrogens is 330 g/mol. The van der Waals surface area contributed by atoms with E-state index < -0.39 is 14.9 Å². The first-order valence-electron chi connectivity index (χ1n) is 6.83. The number of rotatable bonds is 1. The van der Waals surface area contributed by atoms with Gasteiger partial charge in [0.1, 0.15) is 0 Å². The van der Waals surface area contributed by atoms with Crippen LogP contribution < -0.4 is 0 Å². The zero-order valence-electron chi connectivity index (χ0n) is 11.5. The number of carbonyl (C=O) groups excluding carboxylic acids is 1. The average Bonchev–Trinajstić information content (AvgIpc) is 2.74. The molecule has 0 unspecified atom stereocenters.